The third-order valence-corrected chi connectivity index (χ3v) is 17.5. The van der Waals surface area contributed by atoms with E-state index in [0.717, 1.165) is 73.1 Å². The molecule has 0 aliphatic carbocycles. The van der Waals surface area contributed by atoms with Crippen LogP contribution in [0, 0.1) is 5.92 Å². The van der Waals surface area contributed by atoms with E-state index in [-0.39, 0.29) is 71.9 Å². The van der Waals surface area contributed by atoms with Gasteiger partial charge in [0.05, 0.1) is 43.2 Å². The number of alkyl carbamates (subject to hydrolysis) is 1. The van der Waals surface area contributed by atoms with Crippen molar-refractivity contribution in [2.45, 2.75) is 145 Å². The number of aliphatic hydroxyl groups is 6. The first kappa shape index (κ1) is 78.9. The van der Waals surface area contributed by atoms with Gasteiger partial charge >= 0.3 is 35.7 Å². The van der Waals surface area contributed by atoms with E-state index in [1.54, 1.807) is 19.2 Å². The third-order valence-electron chi connectivity index (χ3n) is 16.1. The van der Waals surface area contributed by atoms with Crippen molar-refractivity contribution in [2.75, 3.05) is 53.1 Å². The molecule has 3 fully saturated rings. The molecular weight excluding hydrogens is 1320 g/mol. The van der Waals surface area contributed by atoms with E-state index in [4.69, 9.17) is 18.4 Å². The van der Waals surface area contributed by atoms with E-state index in [2.05, 4.69) is 58.0 Å². The van der Waals surface area contributed by atoms with Crippen LogP contribution in [0.15, 0.2) is 79.4 Å². The molecule has 13 atom stereocenters. The van der Waals surface area contributed by atoms with Crippen LogP contribution in [0.25, 0.3) is 21.1 Å². The summed E-state index contributed by atoms with van der Waals surface area (Å²) in [6, 6.07) is 5.41. The standard InChI is InChI=1S/C62H82N10O22S2.Na/c1-5-23-91-62(87)63-22-21-45(77)50-61(86)72-31-33(2)52(79)51(72)57(84)64-30-39(74)28-42(65-53(80)36-12-14-37(15-13-36)58-69-70-59(95-58)38-16-18-41(19-17-38)90-25-10-8-6-7-9-24-89-4)54(81)66-48(34(3)73)60(85)71-32-40(75)29-43(71)55(82)67-49(56(83)68-50)46(78)26-35-11-20-44(76)47(27-35)92-96-94-93-88;/h5,11-20,27,33-34,39-40,42-43,45-46,48-52,73-79,88H,1,6-10,21-26,28-32H2,2-4H3,(H,63,87)(H,64,84)(H,65,80)(H,66,81)(H,67,82)(H,68,83);/q;+1/p-1/t33-,34+,39+,40+,42+,43+,45-,46-,48+,49+,50+,51+,52+;/m1./s1. The van der Waals surface area contributed by atoms with Gasteiger partial charge in [-0.15, -0.1) is 14.5 Å². The molecule has 4 aromatic rings. The fourth-order valence-electron chi connectivity index (χ4n) is 11.0. The molecule has 0 saturated carbocycles. The number of amides is 8. The van der Waals surface area contributed by atoms with Gasteiger partial charge in [-0.2, -0.15) is 0 Å². The Labute approximate surface area is 588 Å². The van der Waals surface area contributed by atoms with E-state index >= 15 is 0 Å². The van der Waals surface area contributed by atoms with Gasteiger partial charge in [-0.05, 0) is 80.3 Å². The molecule has 4 heterocycles. The molecule has 0 spiro atoms. The van der Waals surface area contributed by atoms with Crippen LogP contribution in [-0.4, -0.2) is 229 Å². The number of hydrogen-bond donors (Lipinski definition) is 13. The third kappa shape index (κ3) is 22.4. The predicted octanol–water partition coefficient (Wildman–Crippen LogP) is -4.03. The number of phenolic OH excluding ortho intramolecular Hbond substituents is 1. The summed E-state index contributed by atoms with van der Waals surface area (Å²) < 4.78 is 25.2. The van der Waals surface area contributed by atoms with Crippen LogP contribution in [0.1, 0.15) is 81.1 Å². The van der Waals surface area contributed by atoms with Crippen LogP contribution < -0.4 is 75.6 Å². The average molecular weight is 1410 g/mol. The summed E-state index contributed by atoms with van der Waals surface area (Å²) in [5.41, 5.74) is 1.45. The van der Waals surface area contributed by atoms with E-state index in [1.807, 2.05) is 24.3 Å². The second kappa shape index (κ2) is 38.9. The molecule has 3 aliphatic heterocycles. The van der Waals surface area contributed by atoms with E-state index in [1.165, 1.54) is 42.5 Å². The molecule has 0 unspecified atom stereocenters. The van der Waals surface area contributed by atoms with Crippen molar-refractivity contribution in [2.24, 2.45) is 5.92 Å². The largest absolute Gasteiger partial charge is 1.00 e. The fourth-order valence-corrected chi connectivity index (χ4v) is 12.1. The van der Waals surface area contributed by atoms with Crippen molar-refractivity contribution in [3.8, 4) is 38.4 Å². The number of nitrogens with zero attached hydrogens (tertiary/aromatic N) is 4. The number of β-amino-alcohol motifs (C(OH)–C–C–N with tert-alkyl or cyclic N) is 1. The molecule has 35 heteroatoms. The molecule has 3 saturated heterocycles. The minimum absolute atomic E-state index is 0. The first-order valence-electron chi connectivity index (χ1n) is 31.0. The summed E-state index contributed by atoms with van der Waals surface area (Å²) in [5, 5.41) is 118. The second-order valence-electron chi connectivity index (χ2n) is 23.3. The van der Waals surface area contributed by atoms with Crippen LogP contribution >= 0.6 is 23.7 Å². The molecule has 3 aliphatic rings. The number of ether oxygens (including phenoxy) is 3. The molecule has 32 nitrogen and oxygen atoms in total. The van der Waals surface area contributed by atoms with Crippen LogP contribution in [0.5, 0.6) is 17.2 Å². The van der Waals surface area contributed by atoms with Gasteiger partial charge in [-0.1, -0.05) is 68.4 Å². The number of benzene rings is 3. The average Bonchev–Trinajstić information content (AvgIpc) is 1.69. The van der Waals surface area contributed by atoms with Gasteiger partial charge in [0.1, 0.15) is 58.6 Å². The Bertz CT molecular complexity index is 3290. The van der Waals surface area contributed by atoms with Crippen molar-refractivity contribution in [1.29, 1.82) is 0 Å². The van der Waals surface area contributed by atoms with Gasteiger partial charge in [0.15, 0.2) is 11.5 Å². The minimum atomic E-state index is -2.19. The summed E-state index contributed by atoms with van der Waals surface area (Å²) in [6.07, 6.45) is -7.46. The number of aromatic hydroxyl groups is 1. The maximum Gasteiger partial charge on any atom is 1.00 e. The Balaban J connectivity index is 0.0000149. The van der Waals surface area contributed by atoms with Gasteiger partial charge in [0, 0.05) is 81.8 Å². The first-order valence-corrected chi connectivity index (χ1v) is 32.5. The number of aromatic nitrogens is 2. The number of rotatable bonds is 27. The molecule has 3 aromatic carbocycles. The molecule has 13 N–H and O–H groups in total. The molecular formula is C62H81N10NaO22S2. The molecule has 7 rings (SSSR count). The van der Waals surface area contributed by atoms with Crippen molar-refractivity contribution < 1.29 is 137 Å². The summed E-state index contributed by atoms with van der Waals surface area (Å²) in [5.74, 6) is -9.12. The van der Waals surface area contributed by atoms with Crippen molar-refractivity contribution in [1.82, 2.24) is 51.9 Å². The number of nitrogens with one attached hydrogen (secondary N) is 6. The Kier molecular flexibility index (Phi) is 31.6. The van der Waals surface area contributed by atoms with Crippen LogP contribution in [0.2, 0.25) is 0 Å². The number of hydrogen-bond acceptors (Lipinski definition) is 26. The Morgan fingerprint density at radius 1 is 0.794 bits per heavy atom. The van der Waals surface area contributed by atoms with Crippen molar-refractivity contribution in [3.63, 3.8) is 0 Å². The zero-order chi connectivity index (χ0) is 69.6. The molecule has 97 heavy (non-hydrogen) atoms. The zero-order valence-electron chi connectivity index (χ0n) is 53.8. The summed E-state index contributed by atoms with van der Waals surface area (Å²) in [7, 11) is 1.69. The second-order valence-corrected chi connectivity index (χ2v) is 24.7. The van der Waals surface area contributed by atoms with Gasteiger partial charge in [-0.3, -0.25) is 38.6 Å². The first-order chi connectivity index (χ1) is 46.0. The molecule has 1 aromatic heterocycles. The van der Waals surface area contributed by atoms with E-state index in [0.29, 0.717) is 27.9 Å². The Morgan fingerprint density at radius 2 is 1.43 bits per heavy atom. The minimum Gasteiger partial charge on any atom is -0.691 e. The summed E-state index contributed by atoms with van der Waals surface area (Å²) in [6.45, 7) is 5.09. The number of fused-ring (bicyclic) bond motifs is 2. The van der Waals surface area contributed by atoms with Crippen molar-refractivity contribution in [3.05, 3.63) is 90.5 Å². The monoisotopic (exact) mass is 1400 g/mol. The van der Waals surface area contributed by atoms with Crippen LogP contribution in [0.3, 0.4) is 0 Å². The number of aliphatic hydroxyl groups excluding tert-OH is 6. The normalized spacial score (nSPS) is 23.7. The van der Waals surface area contributed by atoms with Gasteiger partial charge in [0.25, 0.3) is 18.2 Å². The van der Waals surface area contributed by atoms with E-state index in [9.17, 15) is 79.4 Å². The number of phenols is 1. The number of carbonyl (C=O) groups excluding carboxylic acids is 8. The topological polar surface area (TPSA) is 461 Å². The van der Waals surface area contributed by atoms with Gasteiger partial charge in [-0.25, -0.2) is 4.79 Å². The molecule has 524 valence electrons. The smallest absolute Gasteiger partial charge is 0.691 e. The maximum absolute atomic E-state index is 15.0. The summed E-state index contributed by atoms with van der Waals surface area (Å²) >= 11 is 1.29. The maximum atomic E-state index is 15.0. The van der Waals surface area contributed by atoms with Gasteiger partial charge in [0.2, 0.25) is 35.4 Å². The van der Waals surface area contributed by atoms with Crippen molar-refractivity contribution >= 4 is 71.1 Å². The fraction of sp³-hybridized carbons (Fsp3) is 0.516. The quantitative estimate of drug-likeness (QED) is 0.00675. The number of unbranched alkanes of at least 4 members (excludes halogenated alkanes) is 4. The molecule has 8 amide bonds. The summed E-state index contributed by atoms with van der Waals surface area (Å²) in [4.78, 5) is 116. The number of methoxy groups -OCH3 is 1. The Hall–Kier alpha value is -7.13. The molecule has 0 radical (unpaired) electrons. The Morgan fingerprint density at radius 3 is 2.09 bits per heavy atom. The van der Waals surface area contributed by atoms with Crippen LogP contribution in [0.4, 0.5) is 4.79 Å². The van der Waals surface area contributed by atoms with Crippen LogP contribution in [-0.2, 0) is 54.0 Å². The van der Waals surface area contributed by atoms with Gasteiger partial charge < -0.3 is 101 Å². The SMILES string of the molecule is C=CCOC(=O)NCC[C@@H](O)[C@@H]1NC(=O)[C@H]([C@H](O)Cc2ccc(O)c(OSOO[O-])c2)NC(=O)[C@@H]2C[C@H](O)CN2C(=O)[C@H]([C@H](C)O)NC(=O)[C@@H](NC(=O)c2ccc(-c3nnc(-c4ccc(OCCCCCCCOC)cc4)s3)cc2)C[C@H](O)CNC(=O)[C@@H]2[C@@H](O)[C@H](C)CN2C1=O.[Na+]. The molecule has 0 bridgehead atoms. The predicted molar refractivity (Wildman–Crippen MR) is 339 cm³/mol. The van der Waals surface area contributed by atoms with E-state index < -0.39 is 177 Å². The zero-order valence-corrected chi connectivity index (χ0v) is 57.4. The number of carbonyl (C=O) groups is 8.